The third-order valence-electron chi connectivity index (χ3n) is 5.05. The van der Waals surface area contributed by atoms with E-state index in [9.17, 15) is 0 Å². The Morgan fingerprint density at radius 1 is 1.05 bits per heavy atom. The average molecular weight is 321 g/mol. The van der Waals surface area contributed by atoms with E-state index in [-0.39, 0.29) is 5.04 Å². The Balaban J connectivity index is 2.63. The minimum absolute atomic E-state index is 0.278. The monoisotopic (exact) mass is 320 g/mol. The van der Waals surface area contributed by atoms with Gasteiger partial charge in [0.2, 0.25) is 0 Å². The van der Waals surface area contributed by atoms with Crippen LogP contribution in [0.4, 0.5) is 0 Å². The van der Waals surface area contributed by atoms with Crippen LogP contribution in [0.5, 0.6) is 0 Å². The fourth-order valence-electron chi connectivity index (χ4n) is 2.02. The second kappa shape index (κ2) is 6.63. The van der Waals surface area contributed by atoms with Gasteiger partial charge in [-0.1, -0.05) is 74.6 Å². The molecule has 21 heavy (non-hydrogen) atoms. The third-order valence-corrected chi connectivity index (χ3v) is 13.4. The van der Waals surface area contributed by atoms with Crippen molar-refractivity contribution >= 4 is 21.6 Å². The van der Waals surface area contributed by atoms with Crippen LogP contribution < -0.4 is 5.19 Å². The van der Waals surface area contributed by atoms with Gasteiger partial charge in [0.15, 0.2) is 8.32 Å². The molecule has 0 saturated heterocycles. The predicted octanol–water partition coefficient (Wildman–Crippen LogP) is 5.11. The molecule has 0 aliphatic carbocycles. The zero-order chi connectivity index (χ0) is 16.3. The molecule has 0 N–H and O–H groups in total. The minimum Gasteiger partial charge on any atom is -0.417 e. The molecule has 0 heterocycles. The molecule has 1 rings (SSSR count). The first-order valence-corrected chi connectivity index (χ1v) is 13.8. The highest BCUT2D eigenvalue weighted by Gasteiger charge is 2.37. The summed E-state index contributed by atoms with van der Waals surface area (Å²) in [5.41, 5.74) is 0. The van der Waals surface area contributed by atoms with Crippen LogP contribution in [-0.2, 0) is 4.43 Å². The first-order chi connectivity index (χ1) is 9.48. The first kappa shape index (κ1) is 18.4. The van der Waals surface area contributed by atoms with Gasteiger partial charge in [-0.25, -0.2) is 0 Å². The molecule has 0 bridgehead atoms. The largest absolute Gasteiger partial charge is 0.417 e. The van der Waals surface area contributed by atoms with Gasteiger partial charge in [-0.15, -0.1) is 6.58 Å². The molecule has 0 unspecified atom stereocenters. The van der Waals surface area contributed by atoms with E-state index in [2.05, 4.69) is 83.9 Å². The SMILES string of the molecule is C=C(CCO[Si](C)(C)C(C)(C)C)[Si](C)(C)c1ccccc1. The second-order valence-electron chi connectivity index (χ2n) is 7.95. The molecule has 0 spiro atoms. The van der Waals surface area contributed by atoms with Crippen LogP contribution >= 0.6 is 0 Å². The van der Waals surface area contributed by atoms with Crippen LogP contribution in [0.25, 0.3) is 0 Å². The van der Waals surface area contributed by atoms with Gasteiger partial charge in [0.05, 0.1) is 0 Å². The van der Waals surface area contributed by atoms with Crippen LogP contribution in [0.1, 0.15) is 27.2 Å². The maximum absolute atomic E-state index is 6.30. The number of hydrogen-bond acceptors (Lipinski definition) is 1. The van der Waals surface area contributed by atoms with Crippen LogP contribution in [0, 0.1) is 0 Å². The molecule has 0 aliphatic rings. The topological polar surface area (TPSA) is 9.23 Å². The molecule has 0 radical (unpaired) electrons. The third kappa shape index (κ3) is 4.66. The zero-order valence-electron chi connectivity index (χ0n) is 14.9. The molecular weight excluding hydrogens is 288 g/mol. The predicted molar refractivity (Wildman–Crippen MR) is 100 cm³/mol. The summed E-state index contributed by atoms with van der Waals surface area (Å²) in [7, 11) is -3.22. The van der Waals surface area contributed by atoms with Crippen molar-refractivity contribution in [3.63, 3.8) is 0 Å². The van der Waals surface area contributed by atoms with Gasteiger partial charge < -0.3 is 4.43 Å². The lowest BCUT2D eigenvalue weighted by Gasteiger charge is -2.36. The van der Waals surface area contributed by atoms with Gasteiger partial charge in [-0.2, -0.15) is 0 Å². The second-order valence-corrected chi connectivity index (χ2v) is 17.3. The highest BCUT2D eigenvalue weighted by molar-refractivity contribution is 6.95. The Bertz CT molecular complexity index is 470. The van der Waals surface area contributed by atoms with E-state index in [1.54, 1.807) is 0 Å². The van der Waals surface area contributed by atoms with Gasteiger partial charge >= 0.3 is 0 Å². The maximum Gasteiger partial charge on any atom is 0.191 e. The molecule has 0 aromatic heterocycles. The normalized spacial score (nSPS) is 13.3. The fourth-order valence-corrected chi connectivity index (χ4v) is 5.22. The highest BCUT2D eigenvalue weighted by atomic mass is 28.4. The number of rotatable bonds is 6. The lowest BCUT2D eigenvalue weighted by Crippen LogP contribution is -2.45. The summed E-state index contributed by atoms with van der Waals surface area (Å²) >= 11 is 0. The Kier molecular flexibility index (Phi) is 5.81. The van der Waals surface area contributed by atoms with Crippen molar-refractivity contribution in [2.75, 3.05) is 6.61 Å². The van der Waals surface area contributed by atoms with Gasteiger partial charge in [0.1, 0.15) is 8.07 Å². The van der Waals surface area contributed by atoms with Crippen molar-refractivity contribution in [2.45, 2.75) is 58.4 Å². The lowest BCUT2D eigenvalue weighted by atomic mass is 10.2. The van der Waals surface area contributed by atoms with Crippen molar-refractivity contribution in [3.8, 4) is 0 Å². The van der Waals surface area contributed by atoms with E-state index in [1.165, 1.54) is 10.4 Å². The molecule has 0 atom stereocenters. The molecule has 0 fully saturated rings. The maximum atomic E-state index is 6.30. The average Bonchev–Trinajstić information content (AvgIpc) is 2.38. The molecular formula is C18H32OSi2. The highest BCUT2D eigenvalue weighted by Crippen LogP contribution is 2.36. The van der Waals surface area contributed by atoms with Gasteiger partial charge in [0, 0.05) is 6.61 Å². The molecule has 0 aliphatic heterocycles. The van der Waals surface area contributed by atoms with Crippen molar-refractivity contribution in [2.24, 2.45) is 0 Å². The Hall–Kier alpha value is -0.646. The van der Waals surface area contributed by atoms with Crippen LogP contribution in [0.3, 0.4) is 0 Å². The smallest absolute Gasteiger partial charge is 0.191 e. The molecule has 0 saturated carbocycles. The fraction of sp³-hybridized carbons (Fsp3) is 0.556. The molecule has 118 valence electrons. The van der Waals surface area contributed by atoms with E-state index < -0.39 is 16.4 Å². The molecule has 1 aromatic carbocycles. The van der Waals surface area contributed by atoms with Crippen LogP contribution in [-0.4, -0.2) is 23.0 Å². The standard InChI is InChI=1S/C18H32OSi2/c1-16(14-15-19-21(7,8)18(2,3)4)20(5,6)17-12-10-9-11-13-17/h9-13H,1,14-15H2,2-8H3. The Morgan fingerprint density at radius 3 is 2.05 bits per heavy atom. The van der Waals surface area contributed by atoms with Crippen molar-refractivity contribution in [3.05, 3.63) is 42.1 Å². The van der Waals surface area contributed by atoms with Crippen molar-refractivity contribution < 1.29 is 4.43 Å². The van der Waals surface area contributed by atoms with Crippen molar-refractivity contribution in [1.82, 2.24) is 0 Å². The molecule has 1 aromatic rings. The summed E-state index contributed by atoms with van der Waals surface area (Å²) in [5, 5.41) is 3.12. The Morgan fingerprint density at radius 2 is 1.57 bits per heavy atom. The van der Waals surface area contributed by atoms with Gasteiger partial charge in [-0.3, -0.25) is 0 Å². The summed E-state index contributed by atoms with van der Waals surface area (Å²) in [6.07, 6.45) is 0.987. The summed E-state index contributed by atoms with van der Waals surface area (Å²) < 4.78 is 6.30. The lowest BCUT2D eigenvalue weighted by molar-refractivity contribution is 0.293. The summed E-state index contributed by atoms with van der Waals surface area (Å²) in [5.74, 6) is 0. The number of hydrogen-bond donors (Lipinski definition) is 0. The summed E-state index contributed by atoms with van der Waals surface area (Å²) in [4.78, 5) is 0. The molecule has 1 nitrogen and oxygen atoms in total. The molecule has 3 heteroatoms. The van der Waals surface area contributed by atoms with Crippen LogP contribution in [0.2, 0.25) is 31.2 Å². The van der Waals surface area contributed by atoms with Crippen molar-refractivity contribution in [1.29, 1.82) is 0 Å². The number of benzene rings is 1. The molecule has 0 amide bonds. The summed E-state index contributed by atoms with van der Waals surface area (Å²) in [6, 6.07) is 10.8. The van der Waals surface area contributed by atoms with E-state index in [0.717, 1.165) is 13.0 Å². The minimum atomic E-state index is -1.64. The van der Waals surface area contributed by atoms with E-state index in [4.69, 9.17) is 4.43 Å². The van der Waals surface area contributed by atoms with Crippen LogP contribution in [0.15, 0.2) is 42.1 Å². The Labute approximate surface area is 133 Å². The van der Waals surface area contributed by atoms with E-state index >= 15 is 0 Å². The first-order valence-electron chi connectivity index (χ1n) is 7.86. The van der Waals surface area contributed by atoms with E-state index in [0.29, 0.717) is 0 Å². The van der Waals surface area contributed by atoms with Gasteiger partial charge in [-0.05, 0) is 24.6 Å². The quantitative estimate of drug-likeness (QED) is 0.662. The summed E-state index contributed by atoms with van der Waals surface area (Å²) in [6.45, 7) is 21.5. The van der Waals surface area contributed by atoms with E-state index in [1.807, 2.05) is 0 Å². The van der Waals surface area contributed by atoms with Gasteiger partial charge in [0.25, 0.3) is 0 Å². The zero-order valence-corrected chi connectivity index (χ0v) is 16.9.